The molecule has 0 unspecified atom stereocenters. The van der Waals surface area contributed by atoms with Crippen LogP contribution in [0.4, 0.5) is 18.9 Å². The lowest BCUT2D eigenvalue weighted by Crippen LogP contribution is -2.30. The lowest BCUT2D eigenvalue weighted by Gasteiger charge is -2.06. The van der Waals surface area contributed by atoms with Crippen LogP contribution in [-0.4, -0.2) is 12.1 Å². The van der Waals surface area contributed by atoms with Gasteiger partial charge in [0.25, 0.3) is 0 Å². The molecule has 0 aliphatic heterocycles. The van der Waals surface area contributed by atoms with Crippen LogP contribution in [0.2, 0.25) is 0 Å². The molecule has 0 saturated heterocycles. The molecule has 2 aromatic rings. The molecule has 7 heteroatoms. The number of benzene rings is 1. The summed E-state index contributed by atoms with van der Waals surface area (Å²) in [5.41, 5.74) is -0.0399. The number of nitriles is 1. The van der Waals surface area contributed by atoms with Gasteiger partial charge in [-0.3, -0.25) is 4.79 Å². The first-order valence-corrected chi connectivity index (χ1v) is 4.73. The Bertz CT molecular complexity index is 652. The smallest absolute Gasteiger partial charge is 0.443 e. The Morgan fingerprint density at radius 1 is 1.33 bits per heavy atom. The van der Waals surface area contributed by atoms with Crippen LogP contribution in [0.15, 0.2) is 28.7 Å². The summed E-state index contributed by atoms with van der Waals surface area (Å²) in [6.45, 7) is 0. The van der Waals surface area contributed by atoms with Crippen LogP contribution in [-0.2, 0) is 4.79 Å². The lowest BCUT2D eigenvalue weighted by atomic mass is 10.2. The molecule has 0 aliphatic rings. The fourth-order valence-electron chi connectivity index (χ4n) is 1.43. The summed E-state index contributed by atoms with van der Waals surface area (Å²) in [6.07, 6.45) is -5.02. The average molecular weight is 254 g/mol. The van der Waals surface area contributed by atoms with E-state index in [1.165, 1.54) is 12.1 Å². The van der Waals surface area contributed by atoms with Crippen molar-refractivity contribution in [3.05, 3.63) is 30.0 Å². The van der Waals surface area contributed by atoms with Crippen LogP contribution in [0.3, 0.4) is 0 Å². The molecule has 92 valence electrons. The summed E-state index contributed by atoms with van der Waals surface area (Å²) >= 11 is 0. The summed E-state index contributed by atoms with van der Waals surface area (Å²) in [6, 6.07) is 7.69. The van der Waals surface area contributed by atoms with Gasteiger partial charge in [-0.05, 0) is 12.1 Å². The monoisotopic (exact) mass is 254 g/mol. The van der Waals surface area contributed by atoms with E-state index in [2.05, 4.69) is 0 Å². The molecule has 1 heterocycles. The van der Waals surface area contributed by atoms with Gasteiger partial charge >= 0.3 is 12.1 Å². The Labute approximate surface area is 98.6 Å². The first-order valence-electron chi connectivity index (χ1n) is 4.73. The van der Waals surface area contributed by atoms with Crippen LogP contribution in [0.1, 0.15) is 5.76 Å². The second kappa shape index (κ2) is 4.07. The minimum atomic E-state index is -5.02. The second-order valence-electron chi connectivity index (χ2n) is 3.37. The van der Waals surface area contributed by atoms with Gasteiger partial charge in [-0.15, -0.1) is 0 Å². The number of halogens is 3. The van der Waals surface area contributed by atoms with E-state index >= 15 is 0 Å². The normalized spacial score (nSPS) is 11.2. The number of anilines is 1. The predicted molar refractivity (Wildman–Crippen MR) is 55.6 cm³/mol. The van der Waals surface area contributed by atoms with Gasteiger partial charge in [-0.2, -0.15) is 18.4 Å². The number of carbonyl (C=O) groups excluding carboxylic acids is 1. The van der Waals surface area contributed by atoms with Crippen molar-refractivity contribution in [2.75, 3.05) is 5.32 Å². The minimum absolute atomic E-state index is 0.228. The van der Waals surface area contributed by atoms with E-state index in [-0.39, 0.29) is 22.4 Å². The van der Waals surface area contributed by atoms with E-state index < -0.39 is 12.1 Å². The maximum absolute atomic E-state index is 12.2. The molecular weight excluding hydrogens is 249 g/mol. The quantitative estimate of drug-likeness (QED) is 0.850. The molecule has 2 rings (SSSR count). The van der Waals surface area contributed by atoms with Gasteiger partial charge in [0.2, 0.25) is 5.76 Å². The third kappa shape index (κ3) is 2.00. The van der Waals surface area contributed by atoms with Gasteiger partial charge in [0, 0.05) is 5.39 Å². The van der Waals surface area contributed by atoms with Crippen molar-refractivity contribution in [1.29, 1.82) is 5.26 Å². The highest BCUT2D eigenvalue weighted by atomic mass is 19.4. The lowest BCUT2D eigenvalue weighted by molar-refractivity contribution is -0.167. The molecule has 18 heavy (non-hydrogen) atoms. The Hall–Kier alpha value is -2.49. The van der Waals surface area contributed by atoms with Gasteiger partial charge in [-0.1, -0.05) is 12.1 Å². The Kier molecular flexibility index (Phi) is 2.71. The number of nitrogens with zero attached hydrogens (tertiary/aromatic N) is 1. The highest BCUT2D eigenvalue weighted by molar-refractivity contribution is 6.04. The summed E-state index contributed by atoms with van der Waals surface area (Å²) in [7, 11) is 0. The predicted octanol–water partition coefficient (Wildman–Crippen LogP) is 2.81. The standard InChI is InChI=1S/C11H5F3N2O2/c12-11(13,14)10(17)16-9-6-3-1-2-4-7(6)18-8(9)5-15/h1-4H,(H,16,17). The fraction of sp³-hybridized carbons (Fsp3) is 0.0909. The number of hydrogen-bond donors (Lipinski definition) is 1. The fourth-order valence-corrected chi connectivity index (χ4v) is 1.43. The van der Waals surface area contributed by atoms with E-state index in [9.17, 15) is 18.0 Å². The number of furan rings is 1. The highest BCUT2D eigenvalue weighted by Crippen LogP contribution is 2.31. The molecule has 0 fully saturated rings. The molecule has 0 saturated carbocycles. The maximum Gasteiger partial charge on any atom is 0.471 e. The molecule has 4 nitrogen and oxygen atoms in total. The number of nitrogens with one attached hydrogen (secondary N) is 1. The van der Waals surface area contributed by atoms with Crippen molar-refractivity contribution in [2.45, 2.75) is 6.18 Å². The van der Waals surface area contributed by atoms with Crippen molar-refractivity contribution >= 4 is 22.6 Å². The minimum Gasteiger partial charge on any atom is -0.443 e. The largest absolute Gasteiger partial charge is 0.471 e. The molecule has 0 bridgehead atoms. The number of fused-ring (bicyclic) bond motifs is 1. The van der Waals surface area contributed by atoms with E-state index in [0.717, 1.165) is 0 Å². The first kappa shape index (κ1) is 12.0. The topological polar surface area (TPSA) is 66.0 Å². The number of alkyl halides is 3. The summed E-state index contributed by atoms with van der Waals surface area (Å²) in [4.78, 5) is 10.9. The highest BCUT2D eigenvalue weighted by Gasteiger charge is 2.39. The summed E-state index contributed by atoms with van der Waals surface area (Å²) < 4.78 is 41.5. The van der Waals surface area contributed by atoms with Crippen LogP contribution >= 0.6 is 0 Å². The number of hydrogen-bond acceptors (Lipinski definition) is 3. The Morgan fingerprint density at radius 3 is 2.61 bits per heavy atom. The molecule has 1 aromatic heterocycles. The zero-order valence-electron chi connectivity index (χ0n) is 8.71. The molecule has 0 radical (unpaired) electrons. The SMILES string of the molecule is N#Cc1oc2ccccc2c1NC(=O)C(F)(F)F. The zero-order valence-corrected chi connectivity index (χ0v) is 8.71. The first-order chi connectivity index (χ1) is 8.43. The zero-order chi connectivity index (χ0) is 13.3. The Morgan fingerprint density at radius 2 is 2.00 bits per heavy atom. The molecule has 1 N–H and O–H groups in total. The van der Waals surface area contributed by atoms with Crippen molar-refractivity contribution in [2.24, 2.45) is 0 Å². The van der Waals surface area contributed by atoms with Crippen LogP contribution in [0, 0.1) is 11.3 Å². The molecule has 0 aliphatic carbocycles. The van der Waals surface area contributed by atoms with Crippen LogP contribution in [0.25, 0.3) is 11.0 Å². The number of para-hydroxylation sites is 1. The number of rotatable bonds is 1. The summed E-state index contributed by atoms with van der Waals surface area (Å²) in [5.74, 6) is -2.51. The number of carbonyl (C=O) groups is 1. The number of amides is 1. The molecule has 0 atom stereocenters. The molecule has 1 aromatic carbocycles. The third-order valence-electron chi connectivity index (χ3n) is 2.19. The van der Waals surface area contributed by atoms with Gasteiger partial charge in [-0.25, -0.2) is 0 Å². The summed E-state index contributed by atoms with van der Waals surface area (Å²) in [5, 5.41) is 10.6. The van der Waals surface area contributed by atoms with E-state index in [1.807, 2.05) is 0 Å². The van der Waals surface area contributed by atoms with Gasteiger partial charge in [0.1, 0.15) is 17.3 Å². The van der Waals surface area contributed by atoms with Crippen LogP contribution < -0.4 is 5.32 Å². The van der Waals surface area contributed by atoms with Gasteiger partial charge in [0.05, 0.1) is 0 Å². The molecular formula is C11H5F3N2O2. The van der Waals surface area contributed by atoms with Crippen molar-refractivity contribution in [1.82, 2.24) is 0 Å². The van der Waals surface area contributed by atoms with Crippen molar-refractivity contribution < 1.29 is 22.4 Å². The van der Waals surface area contributed by atoms with Crippen LogP contribution in [0.5, 0.6) is 0 Å². The van der Waals surface area contributed by atoms with Crippen molar-refractivity contribution in [3.63, 3.8) is 0 Å². The average Bonchev–Trinajstić information content (AvgIpc) is 2.66. The van der Waals surface area contributed by atoms with E-state index in [4.69, 9.17) is 9.68 Å². The molecule has 1 amide bonds. The van der Waals surface area contributed by atoms with E-state index in [1.54, 1.807) is 23.5 Å². The third-order valence-corrected chi connectivity index (χ3v) is 2.19. The Balaban J connectivity index is 2.50. The second-order valence-corrected chi connectivity index (χ2v) is 3.37. The maximum atomic E-state index is 12.2. The van der Waals surface area contributed by atoms with Gasteiger partial charge < -0.3 is 9.73 Å². The van der Waals surface area contributed by atoms with Gasteiger partial charge in [0.15, 0.2) is 0 Å². The van der Waals surface area contributed by atoms with Crippen molar-refractivity contribution in [3.8, 4) is 6.07 Å². The molecule has 0 spiro atoms. The van der Waals surface area contributed by atoms with E-state index in [0.29, 0.717) is 0 Å².